The van der Waals surface area contributed by atoms with E-state index in [9.17, 15) is 4.79 Å². The summed E-state index contributed by atoms with van der Waals surface area (Å²) >= 11 is 0. The van der Waals surface area contributed by atoms with Gasteiger partial charge in [0.05, 0.1) is 5.69 Å². The highest BCUT2D eigenvalue weighted by Crippen LogP contribution is 2.16. The van der Waals surface area contributed by atoms with Crippen LogP contribution in [0.25, 0.3) is 0 Å². The number of aryl methyl sites for hydroxylation is 3. The summed E-state index contributed by atoms with van der Waals surface area (Å²) in [7, 11) is 0. The first-order chi connectivity index (χ1) is 9.56. The van der Waals surface area contributed by atoms with E-state index in [0.717, 1.165) is 22.6 Å². The lowest BCUT2D eigenvalue weighted by Crippen LogP contribution is -2.02. The molecule has 0 fully saturated rings. The molecule has 3 N–H and O–H groups in total. The number of aromatic amines is 1. The van der Waals surface area contributed by atoms with E-state index in [2.05, 4.69) is 15.5 Å². The van der Waals surface area contributed by atoms with E-state index >= 15 is 0 Å². The quantitative estimate of drug-likeness (QED) is 0.756. The number of nitrogens with zero attached hydrogens (tertiary/aromatic N) is 1. The van der Waals surface area contributed by atoms with Gasteiger partial charge in [0.15, 0.2) is 0 Å². The zero-order valence-corrected chi connectivity index (χ0v) is 11.7. The Hall–Kier alpha value is -2.30. The fourth-order valence-electron chi connectivity index (χ4n) is 2.11. The first kappa shape index (κ1) is 14.1. The predicted octanol–water partition coefficient (Wildman–Crippen LogP) is 2.66. The molecule has 0 saturated carbocycles. The zero-order chi connectivity index (χ0) is 14.5. The second-order valence-electron chi connectivity index (χ2n) is 4.86. The maximum atomic E-state index is 10.6. The lowest BCUT2D eigenvalue weighted by atomic mass is 10.1. The third kappa shape index (κ3) is 3.60. The largest absolute Gasteiger partial charge is 0.481 e. The van der Waals surface area contributed by atoms with E-state index in [1.807, 2.05) is 38.1 Å². The fourth-order valence-corrected chi connectivity index (χ4v) is 2.11. The summed E-state index contributed by atoms with van der Waals surface area (Å²) in [6.45, 7) is 4.68. The van der Waals surface area contributed by atoms with Crippen LogP contribution < -0.4 is 5.32 Å². The standard InChI is InChI=1S/C15H19N3O2/c1-10-14(11(2)18-17-10)9-16-13-5-3-4-12(8-13)6-7-15(19)20/h3-5,8,16H,6-7,9H2,1-2H3,(H,17,18)(H,19,20). The Morgan fingerprint density at radius 1 is 1.40 bits per heavy atom. The molecule has 0 atom stereocenters. The van der Waals surface area contributed by atoms with Crippen LogP contribution in [-0.4, -0.2) is 21.3 Å². The van der Waals surface area contributed by atoms with Gasteiger partial charge in [0.25, 0.3) is 0 Å². The lowest BCUT2D eigenvalue weighted by Gasteiger charge is -2.08. The molecule has 0 saturated heterocycles. The van der Waals surface area contributed by atoms with E-state index in [1.54, 1.807) is 0 Å². The number of aromatic nitrogens is 2. The molecule has 1 aromatic carbocycles. The molecular weight excluding hydrogens is 254 g/mol. The number of H-pyrrole nitrogens is 1. The fraction of sp³-hybridized carbons (Fsp3) is 0.333. The molecule has 20 heavy (non-hydrogen) atoms. The average Bonchev–Trinajstić information content (AvgIpc) is 2.74. The van der Waals surface area contributed by atoms with Crippen molar-refractivity contribution in [3.63, 3.8) is 0 Å². The molecule has 0 aliphatic rings. The van der Waals surface area contributed by atoms with Crippen molar-refractivity contribution in [3.8, 4) is 0 Å². The van der Waals surface area contributed by atoms with Crippen LogP contribution in [0.4, 0.5) is 5.69 Å². The van der Waals surface area contributed by atoms with Crippen molar-refractivity contribution in [1.82, 2.24) is 10.2 Å². The smallest absolute Gasteiger partial charge is 0.303 e. The third-order valence-electron chi connectivity index (χ3n) is 3.30. The Labute approximate surface area is 118 Å². The van der Waals surface area contributed by atoms with Crippen LogP contribution in [0, 0.1) is 13.8 Å². The number of hydrogen-bond acceptors (Lipinski definition) is 3. The van der Waals surface area contributed by atoms with E-state index < -0.39 is 5.97 Å². The molecule has 0 amide bonds. The number of hydrogen-bond donors (Lipinski definition) is 3. The first-order valence-electron chi connectivity index (χ1n) is 6.61. The molecule has 106 valence electrons. The van der Waals surface area contributed by atoms with Gasteiger partial charge in [-0.1, -0.05) is 12.1 Å². The van der Waals surface area contributed by atoms with Gasteiger partial charge in [-0.25, -0.2) is 0 Å². The van der Waals surface area contributed by atoms with Crippen LogP contribution in [0.1, 0.15) is 28.9 Å². The molecule has 0 aliphatic carbocycles. The number of carbonyl (C=O) groups is 1. The lowest BCUT2D eigenvalue weighted by molar-refractivity contribution is -0.136. The van der Waals surface area contributed by atoms with Crippen LogP contribution in [0.2, 0.25) is 0 Å². The molecule has 5 heteroatoms. The highest BCUT2D eigenvalue weighted by atomic mass is 16.4. The number of benzene rings is 1. The summed E-state index contributed by atoms with van der Waals surface area (Å²) in [4.78, 5) is 10.6. The third-order valence-corrected chi connectivity index (χ3v) is 3.30. The SMILES string of the molecule is Cc1n[nH]c(C)c1CNc1cccc(CCC(=O)O)c1. The molecule has 0 bridgehead atoms. The van der Waals surface area contributed by atoms with Crippen molar-refractivity contribution in [1.29, 1.82) is 0 Å². The molecule has 5 nitrogen and oxygen atoms in total. The Balaban J connectivity index is 1.99. The van der Waals surface area contributed by atoms with Crippen molar-refractivity contribution in [2.45, 2.75) is 33.2 Å². The summed E-state index contributed by atoms with van der Waals surface area (Å²) < 4.78 is 0. The van der Waals surface area contributed by atoms with Crippen molar-refractivity contribution >= 4 is 11.7 Å². The van der Waals surface area contributed by atoms with Gasteiger partial charge < -0.3 is 10.4 Å². The normalized spacial score (nSPS) is 10.5. The number of carboxylic acid groups (broad SMARTS) is 1. The summed E-state index contributed by atoms with van der Waals surface area (Å²) in [6.07, 6.45) is 0.706. The van der Waals surface area contributed by atoms with Crippen molar-refractivity contribution in [3.05, 3.63) is 46.8 Å². The van der Waals surface area contributed by atoms with Crippen molar-refractivity contribution in [2.24, 2.45) is 0 Å². The van der Waals surface area contributed by atoms with Gasteiger partial charge in [-0.2, -0.15) is 5.10 Å². The molecule has 0 radical (unpaired) electrons. The van der Waals surface area contributed by atoms with E-state index in [0.29, 0.717) is 13.0 Å². The molecule has 2 rings (SSSR count). The average molecular weight is 273 g/mol. The second kappa shape index (κ2) is 6.23. The molecule has 1 aromatic heterocycles. The highest BCUT2D eigenvalue weighted by Gasteiger charge is 2.06. The van der Waals surface area contributed by atoms with Gasteiger partial charge in [-0.15, -0.1) is 0 Å². The summed E-state index contributed by atoms with van der Waals surface area (Å²) in [5.74, 6) is -0.770. The Bertz CT molecular complexity index is 585. The van der Waals surface area contributed by atoms with Crippen LogP contribution in [0.3, 0.4) is 0 Å². The number of nitrogens with one attached hydrogen (secondary N) is 2. The van der Waals surface area contributed by atoms with Gasteiger partial charge in [-0.3, -0.25) is 9.89 Å². The van der Waals surface area contributed by atoms with Gasteiger partial charge in [-0.05, 0) is 38.0 Å². The minimum atomic E-state index is -0.770. The van der Waals surface area contributed by atoms with E-state index in [-0.39, 0.29) is 6.42 Å². The predicted molar refractivity (Wildman–Crippen MR) is 77.8 cm³/mol. The van der Waals surface area contributed by atoms with E-state index in [1.165, 1.54) is 5.56 Å². The zero-order valence-electron chi connectivity index (χ0n) is 11.7. The minimum Gasteiger partial charge on any atom is -0.481 e. The topological polar surface area (TPSA) is 78.0 Å². The van der Waals surface area contributed by atoms with Crippen molar-refractivity contribution < 1.29 is 9.90 Å². The first-order valence-corrected chi connectivity index (χ1v) is 6.61. The molecule has 2 aromatic rings. The molecule has 0 aliphatic heterocycles. The second-order valence-corrected chi connectivity index (χ2v) is 4.86. The Morgan fingerprint density at radius 2 is 2.20 bits per heavy atom. The van der Waals surface area contributed by atoms with Crippen molar-refractivity contribution in [2.75, 3.05) is 5.32 Å². The monoisotopic (exact) mass is 273 g/mol. The maximum absolute atomic E-state index is 10.6. The van der Waals surface area contributed by atoms with E-state index in [4.69, 9.17) is 5.11 Å². The highest BCUT2D eigenvalue weighted by molar-refractivity contribution is 5.67. The van der Waals surface area contributed by atoms with Crippen LogP contribution in [0.5, 0.6) is 0 Å². The molecule has 0 spiro atoms. The summed E-state index contributed by atoms with van der Waals surface area (Å²) in [5, 5.41) is 19.2. The summed E-state index contributed by atoms with van der Waals surface area (Å²) in [6, 6.07) is 7.86. The maximum Gasteiger partial charge on any atom is 0.303 e. The van der Waals surface area contributed by atoms with Crippen LogP contribution >= 0.6 is 0 Å². The van der Waals surface area contributed by atoms with Gasteiger partial charge in [0.2, 0.25) is 0 Å². The number of aliphatic carboxylic acids is 1. The molecule has 1 heterocycles. The van der Waals surface area contributed by atoms with Crippen LogP contribution in [-0.2, 0) is 17.8 Å². The summed E-state index contributed by atoms with van der Waals surface area (Å²) in [5.41, 5.74) is 5.25. The minimum absolute atomic E-state index is 0.156. The Morgan fingerprint density at radius 3 is 2.85 bits per heavy atom. The van der Waals surface area contributed by atoms with Gasteiger partial charge in [0, 0.05) is 29.9 Å². The molecular formula is C15H19N3O2. The van der Waals surface area contributed by atoms with Crippen LogP contribution in [0.15, 0.2) is 24.3 Å². The van der Waals surface area contributed by atoms with Gasteiger partial charge >= 0.3 is 5.97 Å². The Kier molecular flexibility index (Phi) is 4.40. The van der Waals surface area contributed by atoms with Gasteiger partial charge in [0.1, 0.15) is 0 Å². The number of rotatable bonds is 6. The number of carboxylic acids is 1. The number of anilines is 1. The molecule has 0 unspecified atom stereocenters.